The van der Waals surface area contributed by atoms with Gasteiger partial charge in [-0.05, 0) is 64.1 Å². The van der Waals surface area contributed by atoms with E-state index >= 15 is 0 Å². The highest BCUT2D eigenvalue weighted by Crippen LogP contribution is 2.32. The van der Waals surface area contributed by atoms with Crippen molar-refractivity contribution in [2.24, 2.45) is 0 Å². The zero-order valence-electron chi connectivity index (χ0n) is 26.8. The number of carbonyl (C=O) groups is 4. The third-order valence-corrected chi connectivity index (χ3v) is 7.96. The first-order valence-corrected chi connectivity index (χ1v) is 15.9. The Bertz CT molecular complexity index is 1690. The van der Waals surface area contributed by atoms with Gasteiger partial charge in [0.25, 0.3) is 0 Å². The first kappa shape index (κ1) is 34.0. The molecule has 256 valence electrons. The number of hydrogen-bond acceptors (Lipinski definition) is 12. The second-order valence-electron chi connectivity index (χ2n) is 11.8. The number of carbonyl (C=O) groups excluding carboxylic acids is 4. The van der Waals surface area contributed by atoms with E-state index in [4.69, 9.17) is 37.9 Å². The van der Waals surface area contributed by atoms with Crippen LogP contribution in [0.1, 0.15) is 48.5 Å². The van der Waals surface area contributed by atoms with Crippen molar-refractivity contribution < 1.29 is 57.1 Å². The fourth-order valence-corrected chi connectivity index (χ4v) is 4.88. The molecule has 4 aliphatic rings. The van der Waals surface area contributed by atoms with Gasteiger partial charge in [0.1, 0.15) is 50.8 Å². The number of hydrogen-bond donors (Lipinski definition) is 0. The molecule has 12 heteroatoms. The van der Waals surface area contributed by atoms with Crippen molar-refractivity contribution in [1.29, 1.82) is 0 Å². The van der Waals surface area contributed by atoms with Crippen LogP contribution in [0.2, 0.25) is 0 Å². The zero-order valence-corrected chi connectivity index (χ0v) is 26.8. The molecule has 0 aromatic heterocycles. The number of ether oxygens (including phenoxy) is 8. The van der Waals surface area contributed by atoms with Gasteiger partial charge in [-0.3, -0.25) is 0 Å². The van der Waals surface area contributed by atoms with Crippen molar-refractivity contribution in [1.82, 2.24) is 0 Å². The minimum atomic E-state index is -0.655. The van der Waals surface area contributed by atoms with Gasteiger partial charge in [-0.2, -0.15) is 0 Å². The van der Waals surface area contributed by atoms with E-state index in [2.05, 4.69) is 13.2 Å². The highest BCUT2D eigenvalue weighted by Gasteiger charge is 2.29. The van der Waals surface area contributed by atoms with Crippen LogP contribution in [0, 0.1) is 0 Å². The number of epoxide rings is 4. The minimum Gasteiger partial charge on any atom is -0.460 e. The predicted molar refractivity (Wildman–Crippen MR) is 175 cm³/mol. The Hall–Kier alpha value is -4.88. The molecule has 0 spiro atoms. The molecule has 2 aromatic rings. The lowest BCUT2D eigenvalue weighted by molar-refractivity contribution is -0.139. The largest absolute Gasteiger partial charge is 0.460 e. The van der Waals surface area contributed by atoms with E-state index in [1.165, 1.54) is 18.2 Å². The Morgan fingerprint density at radius 2 is 1.20 bits per heavy atom. The maximum absolute atomic E-state index is 13.5. The van der Waals surface area contributed by atoms with Crippen LogP contribution in [0.5, 0.6) is 0 Å². The lowest BCUT2D eigenvalue weighted by Gasteiger charge is -2.19. The molecule has 4 heterocycles. The predicted octanol–water partition coefficient (Wildman–Crippen LogP) is 3.61. The average Bonchev–Trinajstić information content (AvgIpc) is 3.93. The van der Waals surface area contributed by atoms with Crippen molar-refractivity contribution >= 4 is 47.7 Å². The fraction of sp³-hybridized carbons (Fsp3) is 0.351. The van der Waals surface area contributed by atoms with Crippen LogP contribution in [0.15, 0.2) is 55.6 Å². The summed E-state index contributed by atoms with van der Waals surface area (Å²) in [5, 5.41) is 0. The quantitative estimate of drug-likeness (QED) is 0.0983. The number of allylic oxidation sites excluding steroid dienone is 1. The first-order valence-electron chi connectivity index (χ1n) is 15.9. The molecular formula is C37H36O12. The van der Waals surface area contributed by atoms with E-state index in [9.17, 15) is 19.2 Å². The molecule has 4 saturated heterocycles. The Balaban J connectivity index is 1.40. The monoisotopic (exact) mass is 672 g/mol. The molecule has 4 aliphatic heterocycles. The zero-order chi connectivity index (χ0) is 34.3. The third-order valence-electron chi connectivity index (χ3n) is 7.96. The molecule has 0 bridgehead atoms. The summed E-state index contributed by atoms with van der Waals surface area (Å²) in [6, 6.07) is 8.18. The average molecular weight is 673 g/mol. The summed E-state index contributed by atoms with van der Waals surface area (Å²) in [4.78, 5) is 52.4. The van der Waals surface area contributed by atoms with E-state index in [1.807, 2.05) is 0 Å². The molecule has 4 fully saturated rings. The Morgan fingerprint density at radius 3 is 1.78 bits per heavy atom. The summed E-state index contributed by atoms with van der Waals surface area (Å²) in [6.45, 7) is 10.3. The highest BCUT2D eigenvalue weighted by molar-refractivity contribution is 5.99. The summed E-state index contributed by atoms with van der Waals surface area (Å²) in [6.07, 6.45) is 6.66. The Morgan fingerprint density at radius 1 is 0.673 bits per heavy atom. The number of benzene rings is 2. The smallest absolute Gasteiger partial charge is 0.338 e. The SMILES string of the molecule is C=Cc1ccc(C(=O)OCC2CO2)cc1/C(=C/C(=O)OCC1CO1)Cc1c(C(=O)OCC2CO2)ccc(C=C)c1/C=C/C(=O)OCC1CO1. The van der Waals surface area contributed by atoms with E-state index < -0.39 is 23.9 Å². The summed E-state index contributed by atoms with van der Waals surface area (Å²) in [7, 11) is 0. The molecule has 12 nitrogen and oxygen atoms in total. The topological polar surface area (TPSA) is 155 Å². The van der Waals surface area contributed by atoms with E-state index in [-0.39, 0.29) is 68.4 Å². The van der Waals surface area contributed by atoms with Crippen LogP contribution in [-0.4, -0.2) is 101 Å². The van der Waals surface area contributed by atoms with E-state index in [0.29, 0.717) is 59.8 Å². The second kappa shape index (κ2) is 15.6. The third kappa shape index (κ3) is 9.83. The Labute approximate surface area is 282 Å². The minimum absolute atomic E-state index is 0.0407. The van der Waals surface area contributed by atoms with Crippen LogP contribution in [-0.2, 0) is 53.9 Å². The maximum Gasteiger partial charge on any atom is 0.338 e. The highest BCUT2D eigenvalue weighted by atomic mass is 16.6. The lowest BCUT2D eigenvalue weighted by atomic mass is 9.86. The molecule has 4 atom stereocenters. The van der Waals surface area contributed by atoms with Crippen molar-refractivity contribution in [2.45, 2.75) is 30.8 Å². The number of esters is 4. The molecule has 49 heavy (non-hydrogen) atoms. The van der Waals surface area contributed by atoms with Crippen LogP contribution in [0.3, 0.4) is 0 Å². The summed E-state index contributed by atoms with van der Waals surface area (Å²) < 4.78 is 42.4. The summed E-state index contributed by atoms with van der Waals surface area (Å²) in [5.74, 6) is -2.45. The molecule has 0 radical (unpaired) electrons. The molecule has 4 unspecified atom stereocenters. The van der Waals surface area contributed by atoms with Crippen molar-refractivity contribution in [2.75, 3.05) is 52.9 Å². The molecule has 0 amide bonds. The summed E-state index contributed by atoms with van der Waals surface area (Å²) in [5.41, 5.74) is 3.38. The van der Waals surface area contributed by atoms with Crippen molar-refractivity contribution in [3.05, 3.63) is 94.6 Å². The van der Waals surface area contributed by atoms with Gasteiger partial charge in [0.15, 0.2) is 0 Å². The van der Waals surface area contributed by atoms with Crippen LogP contribution < -0.4 is 0 Å². The van der Waals surface area contributed by atoms with Crippen molar-refractivity contribution in [3.8, 4) is 0 Å². The van der Waals surface area contributed by atoms with Gasteiger partial charge in [0.05, 0.1) is 37.6 Å². The normalized spacial score (nSPS) is 21.8. The maximum atomic E-state index is 13.5. The van der Waals surface area contributed by atoms with Gasteiger partial charge in [0.2, 0.25) is 0 Å². The van der Waals surface area contributed by atoms with Crippen LogP contribution >= 0.6 is 0 Å². The molecule has 0 aliphatic carbocycles. The second-order valence-corrected chi connectivity index (χ2v) is 11.8. The molecule has 0 saturated carbocycles. The van der Waals surface area contributed by atoms with Gasteiger partial charge in [-0.15, -0.1) is 0 Å². The number of rotatable bonds is 18. The van der Waals surface area contributed by atoms with Crippen molar-refractivity contribution in [3.63, 3.8) is 0 Å². The Kier molecular flexibility index (Phi) is 10.8. The van der Waals surface area contributed by atoms with Gasteiger partial charge >= 0.3 is 23.9 Å². The van der Waals surface area contributed by atoms with Gasteiger partial charge in [-0.25, -0.2) is 19.2 Å². The molecule has 6 rings (SSSR count). The summed E-state index contributed by atoms with van der Waals surface area (Å²) >= 11 is 0. The first-order chi connectivity index (χ1) is 23.8. The van der Waals surface area contributed by atoms with E-state index in [1.54, 1.807) is 42.5 Å². The van der Waals surface area contributed by atoms with Crippen LogP contribution in [0.25, 0.3) is 23.8 Å². The van der Waals surface area contributed by atoms with Crippen LogP contribution in [0.4, 0.5) is 0 Å². The molecule has 0 N–H and O–H groups in total. The van der Waals surface area contributed by atoms with Gasteiger partial charge in [0, 0.05) is 12.2 Å². The molecular weight excluding hydrogens is 636 g/mol. The standard InChI is InChI=1S/C37H36O12/c1-3-22-7-8-31(37(41)49-21-29-17-45-29)33(30(22)9-10-34(38)46-18-26-14-42-26)12-25(13-35(39)47-19-27-15-43-27)32-11-24(6-5-23(32)4-2)36(40)48-20-28-16-44-28/h3-11,13,26-29H,1-2,12,14-21H2/b10-9+,25-13+. The lowest BCUT2D eigenvalue weighted by Crippen LogP contribution is -2.15. The fourth-order valence-electron chi connectivity index (χ4n) is 4.88. The van der Waals surface area contributed by atoms with Gasteiger partial charge < -0.3 is 37.9 Å². The van der Waals surface area contributed by atoms with E-state index in [0.717, 1.165) is 0 Å². The molecule has 2 aromatic carbocycles. The van der Waals surface area contributed by atoms with Gasteiger partial charge in [-0.1, -0.05) is 37.4 Å².